The molecule has 0 radical (unpaired) electrons. The molecule has 18 heavy (non-hydrogen) atoms. The van der Waals surface area contributed by atoms with Crippen LogP contribution >= 0.6 is 0 Å². The van der Waals surface area contributed by atoms with Gasteiger partial charge in [-0.15, -0.1) is 0 Å². The maximum atomic E-state index is 11.3. The first-order valence-electron chi connectivity index (χ1n) is 6.24. The normalized spacial score (nSPS) is 17.9. The van der Waals surface area contributed by atoms with Crippen LogP contribution in [-0.2, 0) is 26.3 Å². The molecule has 6 heteroatoms. The van der Waals surface area contributed by atoms with Crippen LogP contribution in [0.5, 0.6) is 0 Å². The lowest BCUT2D eigenvalue weighted by atomic mass is 10.0. The number of hydrogen-bond donors (Lipinski definition) is 0. The van der Waals surface area contributed by atoms with Crippen molar-refractivity contribution in [3.8, 4) is 0 Å². The topological polar surface area (TPSA) is 74.5 Å². The van der Waals surface area contributed by atoms with Gasteiger partial charge in [-0.05, 0) is 32.6 Å². The second-order valence-corrected chi connectivity index (χ2v) is 4.40. The lowest BCUT2D eigenvalue weighted by molar-refractivity contribution is -0.142. The summed E-state index contributed by atoms with van der Waals surface area (Å²) in [6.07, 6.45) is 3.98. The molecule has 0 atom stereocenters. The molecule has 1 fully saturated rings. The molecule has 1 saturated carbocycles. The standard InChI is InChI=1S/C12H18N2O4/c1-3-17-10(15)8-9-13-11(14-18-9)12(16-2)6-4-5-7-12/h3-8H2,1-2H3. The van der Waals surface area contributed by atoms with Crippen molar-refractivity contribution in [1.82, 2.24) is 10.1 Å². The van der Waals surface area contributed by atoms with Crippen molar-refractivity contribution in [2.45, 2.75) is 44.6 Å². The first-order chi connectivity index (χ1) is 8.70. The Kier molecular flexibility index (Phi) is 3.96. The number of carbonyl (C=O) groups is 1. The van der Waals surface area contributed by atoms with E-state index in [0.29, 0.717) is 12.4 Å². The van der Waals surface area contributed by atoms with Crippen LogP contribution in [0.1, 0.15) is 44.3 Å². The van der Waals surface area contributed by atoms with Crippen molar-refractivity contribution < 1.29 is 18.8 Å². The van der Waals surface area contributed by atoms with E-state index >= 15 is 0 Å². The number of methoxy groups -OCH3 is 1. The summed E-state index contributed by atoms with van der Waals surface area (Å²) in [5.41, 5.74) is -0.434. The highest BCUT2D eigenvalue weighted by Gasteiger charge is 2.40. The third-order valence-electron chi connectivity index (χ3n) is 3.28. The predicted molar refractivity (Wildman–Crippen MR) is 61.8 cm³/mol. The Morgan fingerprint density at radius 2 is 2.17 bits per heavy atom. The van der Waals surface area contributed by atoms with Crippen molar-refractivity contribution in [1.29, 1.82) is 0 Å². The Labute approximate surface area is 106 Å². The van der Waals surface area contributed by atoms with Gasteiger partial charge >= 0.3 is 5.97 Å². The van der Waals surface area contributed by atoms with E-state index in [1.54, 1.807) is 14.0 Å². The van der Waals surface area contributed by atoms with Crippen LogP contribution in [0.4, 0.5) is 0 Å². The minimum absolute atomic E-state index is 0.0145. The Hall–Kier alpha value is -1.43. The second kappa shape index (κ2) is 5.48. The zero-order valence-electron chi connectivity index (χ0n) is 10.8. The van der Waals surface area contributed by atoms with Gasteiger partial charge in [-0.3, -0.25) is 4.79 Å². The van der Waals surface area contributed by atoms with Crippen LogP contribution in [0.15, 0.2) is 4.52 Å². The third kappa shape index (κ3) is 2.53. The van der Waals surface area contributed by atoms with E-state index in [2.05, 4.69) is 10.1 Å². The molecule has 100 valence electrons. The van der Waals surface area contributed by atoms with E-state index in [0.717, 1.165) is 25.7 Å². The van der Waals surface area contributed by atoms with E-state index in [9.17, 15) is 4.79 Å². The molecule has 0 unspecified atom stereocenters. The fourth-order valence-electron chi connectivity index (χ4n) is 2.31. The molecule has 0 spiro atoms. The molecule has 6 nitrogen and oxygen atoms in total. The second-order valence-electron chi connectivity index (χ2n) is 4.40. The average molecular weight is 254 g/mol. The fourth-order valence-corrected chi connectivity index (χ4v) is 2.31. The van der Waals surface area contributed by atoms with Gasteiger partial charge in [0, 0.05) is 7.11 Å². The van der Waals surface area contributed by atoms with Gasteiger partial charge in [0.2, 0.25) is 11.7 Å². The number of carbonyl (C=O) groups excluding carboxylic acids is 1. The van der Waals surface area contributed by atoms with E-state index in [4.69, 9.17) is 14.0 Å². The van der Waals surface area contributed by atoms with Crippen molar-refractivity contribution in [2.24, 2.45) is 0 Å². The highest BCUT2D eigenvalue weighted by molar-refractivity contribution is 5.71. The lowest BCUT2D eigenvalue weighted by Crippen LogP contribution is -2.26. The molecule has 1 heterocycles. The zero-order chi connectivity index (χ0) is 13.0. The molecular weight excluding hydrogens is 236 g/mol. The Morgan fingerprint density at radius 1 is 1.44 bits per heavy atom. The number of rotatable bonds is 5. The highest BCUT2D eigenvalue weighted by atomic mass is 16.5. The number of ether oxygens (including phenoxy) is 2. The lowest BCUT2D eigenvalue weighted by Gasteiger charge is -2.22. The summed E-state index contributed by atoms with van der Waals surface area (Å²) in [7, 11) is 1.66. The molecule has 0 N–H and O–H groups in total. The average Bonchev–Trinajstić information content (AvgIpc) is 2.98. The number of aromatic nitrogens is 2. The molecule has 0 aromatic carbocycles. The van der Waals surface area contributed by atoms with Crippen LogP contribution in [0.3, 0.4) is 0 Å². The first kappa shape index (κ1) is 13.0. The Bertz CT molecular complexity index is 410. The van der Waals surface area contributed by atoms with Gasteiger partial charge in [0.15, 0.2) is 0 Å². The first-order valence-corrected chi connectivity index (χ1v) is 6.24. The minimum atomic E-state index is -0.434. The maximum Gasteiger partial charge on any atom is 0.315 e. The van der Waals surface area contributed by atoms with Gasteiger partial charge in [0.05, 0.1) is 6.61 Å². The van der Waals surface area contributed by atoms with Crippen LogP contribution in [0, 0.1) is 0 Å². The summed E-state index contributed by atoms with van der Waals surface area (Å²) in [6.45, 7) is 2.11. The monoisotopic (exact) mass is 254 g/mol. The van der Waals surface area contributed by atoms with Crippen LogP contribution in [0.25, 0.3) is 0 Å². The molecule has 0 bridgehead atoms. The van der Waals surface area contributed by atoms with Crippen molar-refractivity contribution in [3.63, 3.8) is 0 Å². The minimum Gasteiger partial charge on any atom is -0.466 e. The molecule has 1 aliphatic carbocycles. The summed E-state index contributed by atoms with van der Waals surface area (Å²) in [5.74, 6) is 0.471. The smallest absolute Gasteiger partial charge is 0.315 e. The quantitative estimate of drug-likeness (QED) is 0.743. The predicted octanol–water partition coefficient (Wildman–Crippen LogP) is 1.59. The molecule has 1 aromatic rings. The van der Waals surface area contributed by atoms with Gasteiger partial charge < -0.3 is 14.0 Å². The zero-order valence-corrected chi connectivity index (χ0v) is 10.8. The summed E-state index contributed by atoms with van der Waals surface area (Å²) in [4.78, 5) is 15.6. The van der Waals surface area contributed by atoms with Crippen molar-refractivity contribution in [2.75, 3.05) is 13.7 Å². The molecule has 2 rings (SSSR count). The summed E-state index contributed by atoms with van der Waals surface area (Å²) in [6, 6.07) is 0. The van der Waals surface area contributed by atoms with Crippen molar-refractivity contribution in [3.05, 3.63) is 11.7 Å². The summed E-state index contributed by atoms with van der Waals surface area (Å²) >= 11 is 0. The Morgan fingerprint density at radius 3 is 2.78 bits per heavy atom. The molecular formula is C12H18N2O4. The summed E-state index contributed by atoms with van der Waals surface area (Å²) in [5, 5.41) is 3.94. The molecule has 1 aliphatic rings. The SMILES string of the molecule is CCOC(=O)Cc1nc(C2(OC)CCCC2)no1. The molecule has 0 aliphatic heterocycles. The fraction of sp³-hybridized carbons (Fsp3) is 0.750. The van der Waals surface area contributed by atoms with E-state index in [-0.39, 0.29) is 18.3 Å². The van der Waals surface area contributed by atoms with E-state index in [1.807, 2.05) is 0 Å². The van der Waals surface area contributed by atoms with Crippen molar-refractivity contribution >= 4 is 5.97 Å². The van der Waals surface area contributed by atoms with Gasteiger partial charge in [0.25, 0.3) is 0 Å². The van der Waals surface area contributed by atoms with Crippen LogP contribution in [-0.4, -0.2) is 29.8 Å². The van der Waals surface area contributed by atoms with E-state index < -0.39 is 5.60 Å². The third-order valence-corrected chi connectivity index (χ3v) is 3.28. The van der Waals surface area contributed by atoms with Gasteiger partial charge in [-0.1, -0.05) is 5.16 Å². The molecule has 0 saturated heterocycles. The van der Waals surface area contributed by atoms with Gasteiger partial charge in [-0.2, -0.15) is 4.98 Å². The van der Waals surface area contributed by atoms with Crippen LogP contribution in [0.2, 0.25) is 0 Å². The van der Waals surface area contributed by atoms with Gasteiger partial charge in [-0.25, -0.2) is 0 Å². The number of hydrogen-bond acceptors (Lipinski definition) is 6. The van der Waals surface area contributed by atoms with Gasteiger partial charge in [0.1, 0.15) is 12.0 Å². The Balaban J connectivity index is 2.07. The number of esters is 1. The summed E-state index contributed by atoms with van der Waals surface area (Å²) < 4.78 is 15.5. The molecule has 1 aromatic heterocycles. The largest absolute Gasteiger partial charge is 0.466 e. The maximum absolute atomic E-state index is 11.3. The highest BCUT2D eigenvalue weighted by Crippen LogP contribution is 2.40. The van der Waals surface area contributed by atoms with Crippen LogP contribution < -0.4 is 0 Å². The van der Waals surface area contributed by atoms with E-state index in [1.165, 1.54) is 0 Å². The number of nitrogens with zero attached hydrogens (tertiary/aromatic N) is 2. The molecule has 0 amide bonds.